The van der Waals surface area contributed by atoms with Crippen molar-refractivity contribution in [1.29, 1.82) is 0 Å². The van der Waals surface area contributed by atoms with E-state index in [9.17, 15) is 5.11 Å². The first-order valence-electron chi connectivity index (χ1n) is 15.3. The first-order valence-corrected chi connectivity index (χ1v) is 17.4. The first-order chi connectivity index (χ1) is 21.8. The second-order valence-electron chi connectivity index (χ2n) is 10.8. The number of hydrogen-bond acceptors (Lipinski definition) is 7. The lowest BCUT2D eigenvalue weighted by molar-refractivity contribution is -0.193. The van der Waals surface area contributed by atoms with Crippen LogP contribution in [0.5, 0.6) is 0 Å². The third kappa shape index (κ3) is 10.2. The van der Waals surface area contributed by atoms with Gasteiger partial charge in [0.1, 0.15) is 24.4 Å². The van der Waals surface area contributed by atoms with E-state index < -0.39 is 18.3 Å². The van der Waals surface area contributed by atoms with Crippen molar-refractivity contribution in [2.75, 3.05) is 18.1 Å². The molecule has 1 fully saturated rings. The summed E-state index contributed by atoms with van der Waals surface area (Å²) in [5.74, 6) is 2.13. The molecule has 1 saturated heterocycles. The van der Waals surface area contributed by atoms with Crippen LogP contribution in [0.25, 0.3) is 0 Å². The minimum atomic E-state index is -0.638. The molecular formula is C37H42O5S2. The van der Waals surface area contributed by atoms with E-state index in [4.69, 9.17) is 18.9 Å². The molecule has 0 aromatic heterocycles. The topological polar surface area (TPSA) is 57.2 Å². The highest BCUT2D eigenvalue weighted by Crippen LogP contribution is 2.38. The van der Waals surface area contributed by atoms with Crippen molar-refractivity contribution in [2.24, 2.45) is 0 Å². The molecule has 1 aliphatic rings. The smallest absolute Gasteiger partial charge is 0.115 e. The number of hydrogen-bond donors (Lipinski definition) is 1. The van der Waals surface area contributed by atoms with Gasteiger partial charge in [-0.05, 0) is 40.2 Å². The van der Waals surface area contributed by atoms with E-state index in [2.05, 4.69) is 24.3 Å². The zero-order valence-electron chi connectivity index (χ0n) is 25.0. The summed E-state index contributed by atoms with van der Waals surface area (Å²) in [5, 5.41) is 10.8. The van der Waals surface area contributed by atoms with Crippen LogP contribution in [0, 0.1) is 0 Å². The Hall–Kier alpha value is -2.62. The van der Waals surface area contributed by atoms with Crippen molar-refractivity contribution in [3.63, 3.8) is 0 Å². The molecule has 5 rings (SSSR count). The van der Waals surface area contributed by atoms with Gasteiger partial charge in [-0.3, -0.25) is 0 Å². The highest BCUT2D eigenvalue weighted by molar-refractivity contribution is 8.17. The Labute approximate surface area is 270 Å². The minimum Gasteiger partial charge on any atom is -0.394 e. The fourth-order valence-electron chi connectivity index (χ4n) is 5.14. The van der Waals surface area contributed by atoms with Crippen molar-refractivity contribution in [1.82, 2.24) is 0 Å². The maximum atomic E-state index is 10.8. The van der Waals surface area contributed by atoms with Crippen LogP contribution in [0.2, 0.25) is 0 Å². The number of aliphatic hydroxyl groups excluding tert-OH is 1. The van der Waals surface area contributed by atoms with Gasteiger partial charge < -0.3 is 24.1 Å². The zero-order valence-corrected chi connectivity index (χ0v) is 26.6. The highest BCUT2D eigenvalue weighted by atomic mass is 32.2. The van der Waals surface area contributed by atoms with Gasteiger partial charge in [-0.2, -0.15) is 0 Å². The molecule has 0 unspecified atom stereocenters. The summed E-state index contributed by atoms with van der Waals surface area (Å²) in [6.45, 7) is 1.34. The van der Waals surface area contributed by atoms with Crippen LogP contribution >= 0.6 is 23.5 Å². The van der Waals surface area contributed by atoms with E-state index >= 15 is 0 Å². The molecule has 0 aliphatic carbocycles. The molecule has 4 aromatic rings. The third-order valence-corrected chi connectivity index (χ3v) is 10.5. The van der Waals surface area contributed by atoms with E-state index in [1.807, 2.05) is 121 Å². The predicted molar refractivity (Wildman–Crippen MR) is 180 cm³/mol. The molecule has 0 radical (unpaired) electrons. The van der Waals surface area contributed by atoms with Crippen LogP contribution in [-0.4, -0.2) is 52.2 Å². The van der Waals surface area contributed by atoms with Crippen molar-refractivity contribution in [3.8, 4) is 0 Å². The maximum absolute atomic E-state index is 10.8. The quantitative estimate of drug-likeness (QED) is 0.130. The number of thioether (sulfide) groups is 2. The molecule has 44 heavy (non-hydrogen) atoms. The van der Waals surface area contributed by atoms with Gasteiger partial charge in [-0.1, -0.05) is 121 Å². The van der Waals surface area contributed by atoms with Crippen LogP contribution in [0.15, 0.2) is 121 Å². The van der Waals surface area contributed by atoms with Gasteiger partial charge in [0.15, 0.2) is 0 Å². The van der Waals surface area contributed by atoms with Crippen molar-refractivity contribution >= 4 is 23.5 Å². The molecule has 0 spiro atoms. The zero-order chi connectivity index (χ0) is 30.2. The van der Waals surface area contributed by atoms with E-state index in [-0.39, 0.29) is 17.3 Å². The molecule has 0 bridgehead atoms. The van der Waals surface area contributed by atoms with Crippen molar-refractivity contribution < 1.29 is 24.1 Å². The molecule has 7 heteroatoms. The normalized spacial score (nSPS) is 16.7. The highest BCUT2D eigenvalue weighted by Gasteiger charge is 2.42. The fraction of sp³-hybridized carbons (Fsp3) is 0.351. The molecule has 0 amide bonds. The summed E-state index contributed by atoms with van der Waals surface area (Å²) < 4.78 is 27.0. The van der Waals surface area contributed by atoms with Gasteiger partial charge in [0, 0.05) is 0 Å². The number of rotatable bonds is 17. The van der Waals surface area contributed by atoms with Crippen LogP contribution in [-0.2, 0) is 45.4 Å². The molecule has 232 valence electrons. The molecule has 1 aliphatic heterocycles. The lowest BCUT2D eigenvalue weighted by atomic mass is 10.0. The van der Waals surface area contributed by atoms with Crippen molar-refractivity contribution in [2.45, 2.75) is 61.8 Å². The summed E-state index contributed by atoms with van der Waals surface area (Å²) in [4.78, 5) is 0. The molecule has 5 nitrogen and oxygen atoms in total. The molecule has 4 atom stereocenters. The van der Waals surface area contributed by atoms with Crippen LogP contribution in [0.3, 0.4) is 0 Å². The van der Waals surface area contributed by atoms with Gasteiger partial charge >= 0.3 is 0 Å². The molecule has 4 aromatic carbocycles. The number of ether oxygens (including phenoxy) is 4. The van der Waals surface area contributed by atoms with E-state index in [0.717, 1.165) is 33.8 Å². The SMILES string of the molecule is OC[C@@H](OCc1ccccc1)[C@@H](OCc1ccccc1)[C@H](OCc1ccccc1)[C@@H](OCc1ccccc1)C1SCCCS1. The fourth-order valence-corrected chi connectivity index (χ4v) is 8.22. The molecule has 0 saturated carbocycles. The monoisotopic (exact) mass is 630 g/mol. The lowest BCUT2D eigenvalue weighted by Crippen LogP contribution is -2.53. The van der Waals surface area contributed by atoms with Gasteiger partial charge in [0.05, 0.1) is 37.6 Å². The second kappa shape index (κ2) is 18.4. The average Bonchev–Trinajstić information content (AvgIpc) is 3.10. The van der Waals surface area contributed by atoms with Gasteiger partial charge in [-0.25, -0.2) is 0 Å². The maximum Gasteiger partial charge on any atom is 0.115 e. The number of benzene rings is 4. The lowest BCUT2D eigenvalue weighted by Gasteiger charge is -2.40. The van der Waals surface area contributed by atoms with Gasteiger partial charge in [0.25, 0.3) is 0 Å². The molecule has 1 heterocycles. The van der Waals surface area contributed by atoms with E-state index in [0.29, 0.717) is 26.4 Å². The Morgan fingerprint density at radius 3 is 1.34 bits per heavy atom. The largest absolute Gasteiger partial charge is 0.394 e. The van der Waals surface area contributed by atoms with Gasteiger partial charge in [0.2, 0.25) is 0 Å². The first kappa shape index (κ1) is 32.8. The van der Waals surface area contributed by atoms with E-state index in [1.165, 1.54) is 6.42 Å². The summed E-state index contributed by atoms with van der Waals surface area (Å²) >= 11 is 3.83. The summed E-state index contributed by atoms with van der Waals surface area (Å²) in [7, 11) is 0. The van der Waals surface area contributed by atoms with E-state index in [1.54, 1.807) is 0 Å². The van der Waals surface area contributed by atoms with Crippen LogP contribution < -0.4 is 0 Å². The van der Waals surface area contributed by atoms with Crippen LogP contribution in [0.4, 0.5) is 0 Å². The van der Waals surface area contributed by atoms with Crippen LogP contribution in [0.1, 0.15) is 28.7 Å². The Morgan fingerprint density at radius 1 is 0.523 bits per heavy atom. The average molecular weight is 631 g/mol. The summed E-state index contributed by atoms with van der Waals surface area (Å²) in [6.07, 6.45) is -0.902. The minimum absolute atomic E-state index is 0.143. The third-order valence-electron chi connectivity index (χ3n) is 7.48. The molecule has 1 N–H and O–H groups in total. The second-order valence-corrected chi connectivity index (χ2v) is 13.6. The number of aliphatic hydroxyl groups is 1. The Bertz CT molecular complexity index is 1310. The van der Waals surface area contributed by atoms with Crippen molar-refractivity contribution in [3.05, 3.63) is 144 Å². The standard InChI is InChI=1S/C37H42O5S2/c38-24-33(39-25-29-14-5-1-6-15-29)34(40-26-30-16-7-2-8-17-30)35(41-27-31-18-9-3-10-19-31)36(37-43-22-13-23-44-37)42-28-32-20-11-4-12-21-32/h1-12,14-21,33-38H,13,22-28H2/t33-,34-,35+,36-/m1/s1. The predicted octanol–water partition coefficient (Wildman–Crippen LogP) is 7.52. The molecular weight excluding hydrogens is 589 g/mol. The Morgan fingerprint density at radius 2 is 0.909 bits per heavy atom. The van der Waals surface area contributed by atoms with Gasteiger partial charge in [-0.15, -0.1) is 23.5 Å². The Balaban J connectivity index is 1.47. The summed E-state index contributed by atoms with van der Waals surface area (Å²) in [6, 6.07) is 40.6. The summed E-state index contributed by atoms with van der Waals surface area (Å²) in [5.41, 5.74) is 4.24. The Kier molecular flexibility index (Phi) is 13.7.